The molecule has 0 N–H and O–H groups in total. The summed E-state index contributed by atoms with van der Waals surface area (Å²) in [6.45, 7) is 2.52. The van der Waals surface area contributed by atoms with Crippen LogP contribution in [0.5, 0.6) is 0 Å². The predicted molar refractivity (Wildman–Crippen MR) is 19.5 cm³/mol. The molecule has 0 rings (SSSR count). The van der Waals surface area contributed by atoms with E-state index in [1.807, 2.05) is 6.92 Å². The Morgan fingerprint density at radius 2 is 2.40 bits per heavy atom. The van der Waals surface area contributed by atoms with Crippen molar-refractivity contribution in [3.05, 3.63) is 7.11 Å². The average molecular weight is 60.1 g/mol. The molecule has 0 aliphatic rings. The first-order chi connectivity index (χ1) is 2.41. The first-order valence-electron chi connectivity index (χ1n) is 1.70. The molecule has 0 aromatic rings. The van der Waals surface area contributed by atoms with Gasteiger partial charge in [0, 0.05) is 6.61 Å². The minimum Gasteiger partial charge on any atom is -0.365 e. The molecule has 1 nitrogen and oxygen atoms in total. The summed E-state index contributed by atoms with van der Waals surface area (Å²) in [5.74, 6) is 0. The molecule has 3 radical (unpaired) electrons. The minimum atomic E-state index is 0.556. The van der Waals surface area contributed by atoms with Crippen LogP contribution >= 0.6 is 0 Å². The van der Waals surface area contributed by atoms with E-state index in [4.69, 9.17) is 7.11 Å². The molecule has 0 saturated heterocycles. The normalized spacial score (nSPS) is 8.40. The Balaban J connectivity index is 2.19. The molecule has 0 aromatic carbocycles. The summed E-state index contributed by atoms with van der Waals surface area (Å²) < 4.78 is 3.94. The van der Waals surface area contributed by atoms with Crippen molar-refractivity contribution in [2.75, 3.05) is 6.61 Å². The van der Waals surface area contributed by atoms with E-state index in [0.717, 1.165) is 6.42 Å². The molecule has 0 spiro atoms. The quantitative estimate of drug-likeness (QED) is 0.461. The van der Waals surface area contributed by atoms with Crippen molar-refractivity contribution < 1.29 is 4.74 Å². The topological polar surface area (TPSA) is 9.23 Å². The third-order valence-corrected chi connectivity index (χ3v) is 0.306. The summed E-state index contributed by atoms with van der Waals surface area (Å²) in [6, 6.07) is 0. The van der Waals surface area contributed by atoms with Gasteiger partial charge in [0.05, 0.1) is 0 Å². The summed E-state index contributed by atoms with van der Waals surface area (Å²) in [6.07, 6.45) is 0.934. The Morgan fingerprint density at radius 1 is 1.80 bits per heavy atom. The van der Waals surface area contributed by atoms with Crippen molar-refractivity contribution in [1.82, 2.24) is 0 Å². The zero-order valence-electron chi connectivity index (χ0n) is 3.32. The van der Waals surface area contributed by atoms with Gasteiger partial charge >= 0.3 is 0 Å². The van der Waals surface area contributed by atoms with Crippen molar-refractivity contribution in [3.8, 4) is 0 Å². The van der Waals surface area contributed by atoms with Gasteiger partial charge in [0.15, 0.2) is 7.11 Å². The van der Waals surface area contributed by atoms with Gasteiger partial charge in [-0.05, 0) is 6.42 Å². The Bertz CT molecular complexity index is 11.1. The van der Waals surface area contributed by atoms with Gasteiger partial charge < -0.3 is 4.74 Å². The second-order valence-corrected chi connectivity index (χ2v) is 0.848. The number of hydrogen-bond donors (Lipinski definition) is 0. The van der Waals surface area contributed by atoms with Crippen molar-refractivity contribution in [2.45, 2.75) is 13.3 Å². The van der Waals surface area contributed by atoms with Crippen molar-refractivity contribution in [2.24, 2.45) is 0 Å². The molecule has 0 aliphatic heterocycles. The van der Waals surface area contributed by atoms with Gasteiger partial charge in [-0.1, -0.05) is 6.92 Å². The van der Waals surface area contributed by atoms with E-state index in [-0.39, 0.29) is 0 Å². The molecule has 0 aromatic heterocycles. The fourth-order valence-electron chi connectivity index (χ4n) is 0.102. The first-order valence-corrected chi connectivity index (χ1v) is 1.70. The average Bonchev–Trinajstić information content (AvgIpc) is 1.41. The van der Waals surface area contributed by atoms with Gasteiger partial charge in [0.25, 0.3) is 0 Å². The maximum absolute atomic E-state index is 6.10. The lowest BCUT2D eigenvalue weighted by Crippen LogP contribution is -1.77. The first kappa shape index (κ1) is 4.96. The largest absolute Gasteiger partial charge is 0.365 e. The van der Waals surface area contributed by atoms with Crippen LogP contribution < -0.4 is 0 Å². The smallest absolute Gasteiger partial charge is 0.173 e. The SMILES string of the molecule is CCCO[1C]. The Labute approximate surface area is 32.9 Å². The van der Waals surface area contributed by atoms with E-state index in [0.29, 0.717) is 6.61 Å². The molecule has 29 valence electrons. The van der Waals surface area contributed by atoms with Crippen LogP contribution in [-0.4, -0.2) is 6.61 Å². The summed E-state index contributed by atoms with van der Waals surface area (Å²) in [7, 11) is 6.10. The Kier molecular flexibility index (Phi) is 3.93. The molecule has 0 fully saturated rings. The van der Waals surface area contributed by atoms with Crippen LogP contribution in [-0.2, 0) is 4.74 Å². The fourth-order valence-corrected chi connectivity index (χ4v) is 0.102. The second kappa shape index (κ2) is 3.96. The second-order valence-electron chi connectivity index (χ2n) is 0.848. The zero-order chi connectivity index (χ0) is 4.12. The monoisotopic (exact) mass is 60.0 g/mol. The van der Waals surface area contributed by atoms with Crippen LogP contribution in [0.1, 0.15) is 13.3 Å². The molecule has 0 heterocycles. The van der Waals surface area contributed by atoms with Gasteiger partial charge in [-0.3, -0.25) is 0 Å². The van der Waals surface area contributed by atoms with Crippen molar-refractivity contribution in [3.63, 3.8) is 0 Å². The predicted octanol–water partition coefficient (Wildman–Crippen LogP) is 0.959. The number of hydrogen-bond acceptors (Lipinski definition) is 1. The lowest BCUT2D eigenvalue weighted by atomic mass is 0.933. The van der Waals surface area contributed by atoms with Crippen LogP contribution in [0.3, 0.4) is 0 Å². The number of rotatable bonds is 2. The lowest BCUT2D eigenvalue weighted by molar-refractivity contribution is 0.242. The highest BCUT2D eigenvalue weighted by molar-refractivity contribution is 4.18. The van der Waals surface area contributed by atoms with Gasteiger partial charge in [0.2, 0.25) is 0 Å². The van der Waals surface area contributed by atoms with E-state index in [9.17, 15) is 0 Å². The maximum atomic E-state index is 6.10. The van der Waals surface area contributed by atoms with E-state index in [1.165, 1.54) is 0 Å². The van der Waals surface area contributed by atoms with Crippen molar-refractivity contribution in [1.29, 1.82) is 0 Å². The van der Waals surface area contributed by atoms with Crippen LogP contribution in [0.15, 0.2) is 0 Å². The fraction of sp³-hybridized carbons (Fsp3) is 0.750. The standard InChI is InChI=1S/C4H7O/c1-3-4-5-2/h3-4H2,1H3/i2-11. The van der Waals surface area contributed by atoms with Gasteiger partial charge in [-0.2, -0.15) is 0 Å². The lowest BCUT2D eigenvalue weighted by Gasteiger charge is -1.82. The van der Waals surface area contributed by atoms with E-state index in [1.54, 1.807) is 0 Å². The van der Waals surface area contributed by atoms with Crippen LogP contribution in [0.4, 0.5) is 0 Å². The molecule has 0 bridgehead atoms. The molecule has 1 heteroatoms. The van der Waals surface area contributed by atoms with Gasteiger partial charge in [0.1, 0.15) is 0 Å². The maximum Gasteiger partial charge on any atom is 0.173 e. The van der Waals surface area contributed by atoms with Crippen molar-refractivity contribution >= 4 is 0 Å². The highest BCUT2D eigenvalue weighted by Gasteiger charge is 1.67. The zero-order valence-corrected chi connectivity index (χ0v) is 3.32. The Morgan fingerprint density at radius 3 is 2.40 bits per heavy atom. The summed E-state index contributed by atoms with van der Waals surface area (Å²) in [5, 5.41) is 0. The number of ether oxygens (including phenoxy) is 1. The van der Waals surface area contributed by atoms with Crippen LogP contribution in [0, 0.1) is 7.11 Å². The Hall–Kier alpha value is -0.0400. The molecular weight excluding hydrogens is 53.0 g/mol. The molecule has 0 aliphatic carbocycles. The highest BCUT2D eigenvalue weighted by atomic mass is 16.3. The van der Waals surface area contributed by atoms with Crippen LogP contribution in [0.2, 0.25) is 0 Å². The summed E-state index contributed by atoms with van der Waals surface area (Å²) in [4.78, 5) is 0. The third-order valence-electron chi connectivity index (χ3n) is 0.306. The minimum absolute atomic E-state index is 0.556. The van der Waals surface area contributed by atoms with E-state index >= 15 is 0 Å². The molecule has 0 saturated carbocycles. The molecule has 0 amide bonds. The summed E-state index contributed by atoms with van der Waals surface area (Å²) in [5.41, 5.74) is 0. The molecule has 5 heavy (non-hydrogen) atoms. The highest BCUT2D eigenvalue weighted by Crippen LogP contribution is 1.72. The molecular formula is C4H7O. The van der Waals surface area contributed by atoms with Crippen LogP contribution in [0.25, 0.3) is 0 Å². The van der Waals surface area contributed by atoms with E-state index < -0.39 is 0 Å². The molecule has 0 unspecified atom stereocenters. The third kappa shape index (κ3) is 3.96. The van der Waals surface area contributed by atoms with Gasteiger partial charge in [-0.15, -0.1) is 0 Å². The van der Waals surface area contributed by atoms with Gasteiger partial charge in [-0.25, -0.2) is 0 Å². The molecule has 0 atom stereocenters. The summed E-state index contributed by atoms with van der Waals surface area (Å²) >= 11 is 0. The van der Waals surface area contributed by atoms with E-state index in [2.05, 4.69) is 4.74 Å².